The maximum absolute atomic E-state index is 8.73. The Morgan fingerprint density at radius 1 is 1.31 bits per heavy atom. The third kappa shape index (κ3) is 3.63. The van der Waals surface area contributed by atoms with E-state index in [4.69, 9.17) is 5.26 Å². The van der Waals surface area contributed by atoms with Gasteiger partial charge in [-0.2, -0.15) is 5.26 Å². The van der Waals surface area contributed by atoms with Crippen LogP contribution in [-0.2, 0) is 0 Å². The van der Waals surface area contributed by atoms with Crippen molar-refractivity contribution in [1.29, 1.82) is 5.26 Å². The van der Waals surface area contributed by atoms with E-state index in [1.54, 1.807) is 0 Å². The lowest BCUT2D eigenvalue weighted by Gasteiger charge is -2.24. The van der Waals surface area contributed by atoms with Crippen molar-refractivity contribution >= 4 is 0 Å². The first kappa shape index (κ1) is 10.3. The summed E-state index contributed by atoms with van der Waals surface area (Å²) in [6.45, 7) is 2.08. The van der Waals surface area contributed by atoms with Crippen LogP contribution >= 0.6 is 0 Å². The molecule has 1 heteroatoms. The van der Waals surface area contributed by atoms with Crippen LogP contribution in [0.15, 0.2) is 12.2 Å². The highest BCUT2D eigenvalue weighted by Crippen LogP contribution is 2.30. The van der Waals surface area contributed by atoms with Crippen molar-refractivity contribution < 1.29 is 0 Å². The van der Waals surface area contributed by atoms with Crippen molar-refractivity contribution in [2.45, 2.75) is 45.4 Å². The first-order chi connectivity index (χ1) is 6.36. The molecule has 13 heavy (non-hydrogen) atoms. The van der Waals surface area contributed by atoms with E-state index in [-0.39, 0.29) is 0 Å². The zero-order valence-corrected chi connectivity index (χ0v) is 8.50. The smallest absolute Gasteiger partial charge is 0.0655 e. The lowest BCUT2D eigenvalue weighted by Crippen LogP contribution is -2.12. The van der Waals surface area contributed by atoms with Crippen molar-refractivity contribution in [3.8, 4) is 6.07 Å². The summed E-state index contributed by atoms with van der Waals surface area (Å²) in [7, 11) is 0. The van der Waals surface area contributed by atoms with E-state index in [1.807, 2.05) is 0 Å². The minimum Gasteiger partial charge on any atom is -0.198 e. The van der Waals surface area contributed by atoms with E-state index in [2.05, 4.69) is 25.1 Å². The quantitative estimate of drug-likeness (QED) is 0.603. The molecule has 1 aliphatic carbocycles. The third-order valence-corrected chi connectivity index (χ3v) is 3.01. The van der Waals surface area contributed by atoms with Gasteiger partial charge >= 0.3 is 0 Å². The van der Waals surface area contributed by atoms with Crippen LogP contribution in [0.2, 0.25) is 0 Å². The maximum atomic E-state index is 8.73. The number of hydrogen-bond acceptors (Lipinski definition) is 1. The van der Waals surface area contributed by atoms with Crippen molar-refractivity contribution in [2.75, 3.05) is 0 Å². The van der Waals surface area contributed by atoms with E-state index >= 15 is 0 Å². The Kier molecular flexibility index (Phi) is 4.60. The van der Waals surface area contributed by atoms with Crippen LogP contribution in [-0.4, -0.2) is 0 Å². The fourth-order valence-electron chi connectivity index (χ4n) is 2.08. The van der Waals surface area contributed by atoms with E-state index < -0.39 is 0 Å². The predicted octanol–water partition coefficient (Wildman–Crippen LogP) is 3.67. The lowest BCUT2D eigenvalue weighted by atomic mass is 9.81. The van der Waals surface area contributed by atoms with Crippen LogP contribution in [0.1, 0.15) is 45.4 Å². The van der Waals surface area contributed by atoms with Crippen molar-refractivity contribution in [3.05, 3.63) is 12.2 Å². The van der Waals surface area contributed by atoms with Gasteiger partial charge in [0, 0.05) is 5.92 Å². The summed E-state index contributed by atoms with van der Waals surface area (Å²) >= 11 is 0. The van der Waals surface area contributed by atoms with E-state index in [0.29, 0.717) is 5.92 Å². The van der Waals surface area contributed by atoms with Crippen LogP contribution < -0.4 is 0 Å². The highest BCUT2D eigenvalue weighted by Gasteiger charge is 2.19. The molecule has 0 heterocycles. The summed E-state index contributed by atoms with van der Waals surface area (Å²) in [4.78, 5) is 0. The van der Waals surface area contributed by atoms with Gasteiger partial charge in [-0.05, 0) is 51.4 Å². The van der Waals surface area contributed by atoms with Gasteiger partial charge in [-0.3, -0.25) is 0 Å². The molecule has 0 aromatic rings. The SMILES string of the molecule is C/C=C/CCC1CCC(C#N)CC1. The molecule has 1 rings (SSSR count). The summed E-state index contributed by atoms with van der Waals surface area (Å²) in [6, 6.07) is 2.38. The summed E-state index contributed by atoms with van der Waals surface area (Å²) in [5, 5.41) is 8.73. The topological polar surface area (TPSA) is 23.8 Å². The predicted molar refractivity (Wildman–Crippen MR) is 55.1 cm³/mol. The van der Waals surface area contributed by atoms with E-state index in [9.17, 15) is 0 Å². The highest BCUT2D eigenvalue weighted by atomic mass is 14.3. The maximum Gasteiger partial charge on any atom is 0.0655 e. The Balaban J connectivity index is 2.14. The molecule has 72 valence electrons. The zero-order valence-electron chi connectivity index (χ0n) is 8.50. The number of nitrogens with zero attached hydrogens (tertiary/aromatic N) is 1. The van der Waals surface area contributed by atoms with Crippen molar-refractivity contribution in [2.24, 2.45) is 11.8 Å². The molecule has 1 saturated carbocycles. The standard InChI is InChI=1S/C12H19N/c1-2-3-4-5-11-6-8-12(10-13)9-7-11/h2-3,11-12H,4-9H2,1H3/b3-2+. The van der Waals surface area contributed by atoms with Gasteiger partial charge in [0.15, 0.2) is 0 Å². The molecule has 0 unspecified atom stereocenters. The zero-order chi connectivity index (χ0) is 9.52. The van der Waals surface area contributed by atoms with Gasteiger partial charge in [0.05, 0.1) is 6.07 Å². The summed E-state index contributed by atoms with van der Waals surface area (Å²) in [5.74, 6) is 1.25. The van der Waals surface area contributed by atoms with Gasteiger partial charge in [-0.1, -0.05) is 12.2 Å². The lowest BCUT2D eigenvalue weighted by molar-refractivity contribution is 0.301. The monoisotopic (exact) mass is 177 g/mol. The summed E-state index contributed by atoms with van der Waals surface area (Å²) < 4.78 is 0. The average molecular weight is 177 g/mol. The second kappa shape index (κ2) is 5.80. The minimum absolute atomic E-state index is 0.359. The van der Waals surface area contributed by atoms with E-state index in [1.165, 1.54) is 25.7 Å². The first-order valence-corrected chi connectivity index (χ1v) is 5.37. The van der Waals surface area contributed by atoms with Gasteiger partial charge in [-0.25, -0.2) is 0 Å². The molecular weight excluding hydrogens is 158 g/mol. The molecule has 0 amide bonds. The summed E-state index contributed by atoms with van der Waals surface area (Å²) in [5.41, 5.74) is 0. The van der Waals surface area contributed by atoms with Crippen LogP contribution in [0.5, 0.6) is 0 Å². The molecule has 0 aliphatic heterocycles. The van der Waals surface area contributed by atoms with Gasteiger partial charge in [0.2, 0.25) is 0 Å². The van der Waals surface area contributed by atoms with Crippen LogP contribution in [0, 0.1) is 23.2 Å². The Hall–Kier alpha value is -0.770. The fraction of sp³-hybridized carbons (Fsp3) is 0.750. The molecule has 0 atom stereocenters. The molecule has 0 bridgehead atoms. The molecule has 0 radical (unpaired) electrons. The van der Waals surface area contributed by atoms with Gasteiger partial charge in [-0.15, -0.1) is 0 Å². The van der Waals surface area contributed by atoms with Crippen molar-refractivity contribution in [1.82, 2.24) is 0 Å². The summed E-state index contributed by atoms with van der Waals surface area (Å²) in [6.07, 6.45) is 11.7. The Labute approximate surface area is 81.5 Å². The third-order valence-electron chi connectivity index (χ3n) is 3.01. The number of hydrogen-bond donors (Lipinski definition) is 0. The minimum atomic E-state index is 0.359. The van der Waals surface area contributed by atoms with Crippen LogP contribution in [0.4, 0.5) is 0 Å². The normalized spacial score (nSPS) is 28.9. The largest absolute Gasteiger partial charge is 0.198 e. The van der Waals surface area contributed by atoms with Crippen molar-refractivity contribution in [3.63, 3.8) is 0 Å². The van der Waals surface area contributed by atoms with Crippen LogP contribution in [0.3, 0.4) is 0 Å². The molecule has 0 N–H and O–H groups in total. The highest BCUT2D eigenvalue weighted by molar-refractivity contribution is 4.87. The van der Waals surface area contributed by atoms with Crippen LogP contribution in [0.25, 0.3) is 0 Å². The van der Waals surface area contributed by atoms with Gasteiger partial charge in [0.1, 0.15) is 0 Å². The molecule has 1 aliphatic rings. The molecular formula is C12H19N. The number of allylic oxidation sites excluding steroid dienone is 2. The first-order valence-electron chi connectivity index (χ1n) is 5.37. The number of rotatable bonds is 3. The molecule has 1 fully saturated rings. The second-order valence-electron chi connectivity index (χ2n) is 3.99. The fourth-order valence-corrected chi connectivity index (χ4v) is 2.08. The Morgan fingerprint density at radius 2 is 2.00 bits per heavy atom. The Bertz CT molecular complexity index is 192. The molecule has 1 nitrogen and oxygen atoms in total. The molecule has 0 saturated heterocycles. The second-order valence-corrected chi connectivity index (χ2v) is 3.99. The number of nitriles is 1. The van der Waals surface area contributed by atoms with E-state index in [0.717, 1.165) is 18.8 Å². The molecule has 0 aromatic heterocycles. The molecule has 0 aromatic carbocycles. The Morgan fingerprint density at radius 3 is 2.54 bits per heavy atom. The average Bonchev–Trinajstić information content (AvgIpc) is 2.19. The molecule has 0 spiro atoms. The van der Waals surface area contributed by atoms with Gasteiger partial charge in [0.25, 0.3) is 0 Å². The van der Waals surface area contributed by atoms with Gasteiger partial charge < -0.3 is 0 Å².